The van der Waals surface area contributed by atoms with E-state index >= 15 is 0 Å². The largest absolute Gasteiger partial charge is 0.416 e. The quantitative estimate of drug-likeness (QED) is 0.247. The van der Waals surface area contributed by atoms with Crippen LogP contribution in [0, 0.1) is 5.92 Å². The molecule has 0 spiro atoms. The third-order valence-corrected chi connectivity index (χ3v) is 8.76. The van der Waals surface area contributed by atoms with Crippen LogP contribution in [0.3, 0.4) is 0 Å². The zero-order valence-electron chi connectivity index (χ0n) is 24.5. The highest BCUT2D eigenvalue weighted by Crippen LogP contribution is 2.41. The molecule has 1 aromatic carbocycles. The molecule has 1 unspecified atom stereocenters. The Labute approximate surface area is 253 Å². The van der Waals surface area contributed by atoms with Crippen molar-refractivity contribution in [1.29, 1.82) is 0 Å². The summed E-state index contributed by atoms with van der Waals surface area (Å²) in [6, 6.07) is 8.62. The maximum atomic E-state index is 13.1. The molecule has 44 heavy (non-hydrogen) atoms. The monoisotopic (exact) mass is 607 g/mol. The summed E-state index contributed by atoms with van der Waals surface area (Å²) in [5.41, 5.74) is 9.49. The van der Waals surface area contributed by atoms with Crippen LogP contribution in [-0.2, 0) is 17.3 Å². The molecule has 4 heterocycles. The molecule has 1 fully saturated rings. The molecule has 9 nitrogen and oxygen atoms in total. The van der Waals surface area contributed by atoms with Gasteiger partial charge in [0.2, 0.25) is 0 Å². The molecule has 4 N–H and O–H groups in total. The number of hydrogen-bond donors (Lipinski definition) is 3. The topological polar surface area (TPSA) is 120 Å². The first-order valence-electron chi connectivity index (χ1n) is 15.1. The van der Waals surface area contributed by atoms with Crippen LogP contribution in [0.25, 0.3) is 22.2 Å². The molecule has 1 aliphatic heterocycles. The number of nitrogens with two attached hydrogens (primary N) is 1. The molecule has 1 aliphatic carbocycles. The van der Waals surface area contributed by atoms with Crippen molar-refractivity contribution in [2.45, 2.75) is 69.8 Å². The van der Waals surface area contributed by atoms with E-state index < -0.39 is 17.6 Å². The van der Waals surface area contributed by atoms with E-state index in [1.165, 1.54) is 0 Å². The number of pyridine rings is 2. The van der Waals surface area contributed by atoms with Gasteiger partial charge in [0.15, 0.2) is 0 Å². The Hall–Kier alpha value is -4.03. The molecule has 232 valence electrons. The number of carbonyl (C=O) groups is 1. The van der Waals surface area contributed by atoms with Crippen molar-refractivity contribution in [3.8, 4) is 11.3 Å². The van der Waals surface area contributed by atoms with Gasteiger partial charge in [0.1, 0.15) is 23.6 Å². The van der Waals surface area contributed by atoms with Gasteiger partial charge in [0, 0.05) is 36.5 Å². The van der Waals surface area contributed by atoms with Crippen LogP contribution in [0.5, 0.6) is 0 Å². The van der Waals surface area contributed by atoms with Crippen LogP contribution in [0.1, 0.15) is 72.5 Å². The SMILES string of the molecule is COC1NCCCCCc2cnc(N)c3c(-c4ccc(C(=O)Nc5cc(C(F)(F)F)ccn5)cc4)nn(c23)[C@@H]2CCC[C@@H]1C2. The molecule has 1 amide bonds. The van der Waals surface area contributed by atoms with Crippen LogP contribution < -0.4 is 16.4 Å². The zero-order chi connectivity index (χ0) is 30.8. The summed E-state index contributed by atoms with van der Waals surface area (Å²) in [4.78, 5) is 21.3. The van der Waals surface area contributed by atoms with Gasteiger partial charge in [0.25, 0.3) is 5.91 Å². The van der Waals surface area contributed by atoms with E-state index in [1.807, 2.05) is 6.20 Å². The number of nitrogen functional groups attached to an aromatic ring is 1. The number of aromatic nitrogens is 4. The van der Waals surface area contributed by atoms with Crippen molar-refractivity contribution in [3.63, 3.8) is 0 Å². The third kappa shape index (κ3) is 6.14. The first kappa shape index (κ1) is 30.0. The average molecular weight is 608 g/mol. The normalized spacial score (nSPS) is 21.2. The Kier molecular flexibility index (Phi) is 8.55. The number of anilines is 2. The van der Waals surface area contributed by atoms with E-state index in [0.29, 0.717) is 17.4 Å². The number of benzene rings is 1. The van der Waals surface area contributed by atoms with E-state index in [9.17, 15) is 18.0 Å². The Morgan fingerprint density at radius 2 is 1.91 bits per heavy atom. The minimum atomic E-state index is -4.54. The Balaban J connectivity index is 1.34. The summed E-state index contributed by atoms with van der Waals surface area (Å²) in [6.45, 7) is 0.925. The molecule has 3 aromatic heterocycles. The standard InChI is InChI=1S/C32H36F3N7O2/c1-44-31-21-7-5-8-24(16-21)42-28-22(6-3-2-4-14-38-31)18-39-29(36)26(28)27(41-42)19-9-11-20(12-10-19)30(43)40-25-17-23(13-15-37-25)32(33,34)35/h9-13,15,17-18,21,24,31,38H,2-8,14,16H2,1H3,(H2,36,39)(H,37,40,43)/t21-,24-,31?/m1/s1. The number of hydrogen-bond acceptors (Lipinski definition) is 7. The fourth-order valence-corrected chi connectivity index (χ4v) is 6.55. The number of rotatable bonds is 4. The molecule has 2 aliphatic rings. The van der Waals surface area contributed by atoms with Gasteiger partial charge in [-0.1, -0.05) is 25.0 Å². The van der Waals surface area contributed by atoms with Gasteiger partial charge in [-0.3, -0.25) is 14.8 Å². The predicted octanol–water partition coefficient (Wildman–Crippen LogP) is 6.37. The maximum Gasteiger partial charge on any atom is 0.416 e. The van der Waals surface area contributed by atoms with E-state index in [4.69, 9.17) is 15.6 Å². The summed E-state index contributed by atoms with van der Waals surface area (Å²) in [6.07, 6.45) is 6.44. The number of nitrogens with zero attached hydrogens (tertiary/aromatic N) is 4. The van der Waals surface area contributed by atoms with Crippen LogP contribution >= 0.6 is 0 Å². The first-order valence-corrected chi connectivity index (χ1v) is 15.1. The summed E-state index contributed by atoms with van der Waals surface area (Å²) in [5.74, 6) is 0.00379. The van der Waals surface area contributed by atoms with Crippen molar-refractivity contribution < 1.29 is 22.7 Å². The van der Waals surface area contributed by atoms with Crippen LogP contribution in [0.15, 0.2) is 48.8 Å². The van der Waals surface area contributed by atoms with Crippen LogP contribution in [0.2, 0.25) is 0 Å². The van der Waals surface area contributed by atoms with Gasteiger partial charge in [-0.15, -0.1) is 0 Å². The van der Waals surface area contributed by atoms with Crippen molar-refractivity contribution >= 4 is 28.4 Å². The van der Waals surface area contributed by atoms with E-state index in [0.717, 1.165) is 98.3 Å². The Morgan fingerprint density at radius 1 is 1.09 bits per heavy atom. The molecular formula is C32H36F3N7O2. The van der Waals surface area contributed by atoms with Gasteiger partial charge in [-0.25, -0.2) is 9.97 Å². The van der Waals surface area contributed by atoms with Gasteiger partial charge in [0.05, 0.1) is 22.5 Å². The number of aryl methyl sites for hydroxylation is 1. The fraction of sp³-hybridized carbons (Fsp3) is 0.438. The van der Waals surface area contributed by atoms with E-state index in [2.05, 4.69) is 25.3 Å². The highest BCUT2D eigenvalue weighted by atomic mass is 19.4. The van der Waals surface area contributed by atoms with Crippen molar-refractivity contribution in [1.82, 2.24) is 25.1 Å². The van der Waals surface area contributed by atoms with E-state index in [1.54, 1.807) is 31.4 Å². The zero-order valence-corrected chi connectivity index (χ0v) is 24.5. The molecule has 6 rings (SSSR count). The third-order valence-electron chi connectivity index (χ3n) is 8.76. The van der Waals surface area contributed by atoms with Crippen LogP contribution in [0.4, 0.5) is 24.8 Å². The molecule has 4 aromatic rings. The second-order valence-corrected chi connectivity index (χ2v) is 11.6. The van der Waals surface area contributed by atoms with Gasteiger partial charge in [-0.2, -0.15) is 18.3 Å². The number of amides is 1. The highest BCUT2D eigenvalue weighted by Gasteiger charge is 2.33. The molecule has 1 saturated carbocycles. The molecular weight excluding hydrogens is 571 g/mol. The second-order valence-electron chi connectivity index (χ2n) is 11.6. The minimum absolute atomic E-state index is 0.00381. The summed E-state index contributed by atoms with van der Waals surface area (Å²) < 4.78 is 47.3. The lowest BCUT2D eigenvalue weighted by Crippen LogP contribution is -2.40. The number of alkyl halides is 3. The maximum absolute atomic E-state index is 13.1. The Bertz CT molecular complexity index is 1640. The molecule has 3 atom stereocenters. The lowest BCUT2D eigenvalue weighted by molar-refractivity contribution is -0.137. The second kappa shape index (κ2) is 12.5. The molecule has 12 heteroatoms. The van der Waals surface area contributed by atoms with Crippen molar-refractivity contribution in [2.24, 2.45) is 5.92 Å². The molecule has 0 saturated heterocycles. The minimum Gasteiger partial charge on any atom is -0.383 e. The van der Waals surface area contributed by atoms with Crippen LogP contribution in [-0.4, -0.2) is 45.5 Å². The number of methoxy groups -OCH3 is 1. The number of carbonyl (C=O) groups excluding carboxylic acids is 1. The Morgan fingerprint density at radius 3 is 2.68 bits per heavy atom. The van der Waals surface area contributed by atoms with Gasteiger partial charge < -0.3 is 15.8 Å². The number of nitrogens with one attached hydrogen (secondary N) is 2. The summed E-state index contributed by atoms with van der Waals surface area (Å²) >= 11 is 0. The van der Waals surface area contributed by atoms with Crippen molar-refractivity contribution in [3.05, 3.63) is 65.5 Å². The van der Waals surface area contributed by atoms with Gasteiger partial charge >= 0.3 is 6.18 Å². The number of ether oxygens (including phenoxy) is 1. The number of fused-ring (bicyclic) bond motifs is 3. The molecule has 2 bridgehead atoms. The highest BCUT2D eigenvalue weighted by molar-refractivity contribution is 6.05. The fourth-order valence-electron chi connectivity index (χ4n) is 6.55. The van der Waals surface area contributed by atoms with Crippen molar-refractivity contribution in [2.75, 3.05) is 24.7 Å². The predicted molar refractivity (Wildman–Crippen MR) is 162 cm³/mol. The number of halogens is 3. The lowest BCUT2D eigenvalue weighted by atomic mass is 9.84. The summed E-state index contributed by atoms with van der Waals surface area (Å²) in [7, 11) is 1.77. The lowest BCUT2D eigenvalue weighted by Gasteiger charge is -2.34. The first-order chi connectivity index (χ1) is 21.2. The molecule has 0 radical (unpaired) electrons. The smallest absolute Gasteiger partial charge is 0.383 e. The average Bonchev–Trinajstić information content (AvgIpc) is 3.43. The summed E-state index contributed by atoms with van der Waals surface area (Å²) in [5, 5.41) is 12.0. The van der Waals surface area contributed by atoms with Gasteiger partial charge in [-0.05, 0) is 74.9 Å². The van der Waals surface area contributed by atoms with E-state index in [-0.39, 0.29) is 23.7 Å².